The standard InChI is InChI=1S/C20H23ClN4OS/c1-3-23-8-10-24(11-9-23)19(26)18-12-17-14(2)22-25(20(17)27-18)13-15-4-6-16(21)7-5-15/h4-7,12H,3,8-11,13H2,1-2H3. The minimum absolute atomic E-state index is 0.143. The molecule has 3 aromatic rings. The second kappa shape index (κ2) is 7.62. The lowest BCUT2D eigenvalue weighted by molar-refractivity contribution is 0.0648. The number of aromatic nitrogens is 2. The van der Waals surface area contributed by atoms with E-state index in [1.54, 1.807) is 11.3 Å². The second-order valence-electron chi connectivity index (χ2n) is 6.93. The van der Waals surface area contributed by atoms with Gasteiger partial charge in [-0.3, -0.25) is 9.48 Å². The molecule has 0 N–H and O–H groups in total. The molecule has 4 rings (SSSR count). The minimum atomic E-state index is 0.143. The van der Waals surface area contributed by atoms with Gasteiger partial charge in [0.05, 0.1) is 17.1 Å². The zero-order valence-electron chi connectivity index (χ0n) is 15.6. The van der Waals surface area contributed by atoms with Crippen molar-refractivity contribution >= 4 is 39.1 Å². The molecular formula is C20H23ClN4OS. The van der Waals surface area contributed by atoms with Crippen LogP contribution in [0.4, 0.5) is 0 Å². The summed E-state index contributed by atoms with van der Waals surface area (Å²) >= 11 is 7.52. The fraction of sp³-hybridized carbons (Fsp3) is 0.400. The Morgan fingerprint density at radius 2 is 1.89 bits per heavy atom. The van der Waals surface area contributed by atoms with E-state index >= 15 is 0 Å². The van der Waals surface area contributed by atoms with Crippen LogP contribution in [0.25, 0.3) is 10.2 Å². The van der Waals surface area contributed by atoms with Gasteiger partial charge in [0, 0.05) is 36.6 Å². The van der Waals surface area contributed by atoms with Crippen LogP contribution >= 0.6 is 22.9 Å². The zero-order valence-corrected chi connectivity index (χ0v) is 17.2. The summed E-state index contributed by atoms with van der Waals surface area (Å²) in [6.45, 7) is 9.40. The smallest absolute Gasteiger partial charge is 0.264 e. The van der Waals surface area contributed by atoms with Gasteiger partial charge in [-0.2, -0.15) is 5.10 Å². The molecule has 2 aromatic heterocycles. The molecular weight excluding hydrogens is 380 g/mol. The number of fused-ring (bicyclic) bond motifs is 1. The van der Waals surface area contributed by atoms with Gasteiger partial charge in [-0.1, -0.05) is 30.7 Å². The minimum Gasteiger partial charge on any atom is -0.335 e. The highest BCUT2D eigenvalue weighted by Gasteiger charge is 2.24. The number of carbonyl (C=O) groups excluding carboxylic acids is 1. The van der Waals surface area contributed by atoms with E-state index in [1.165, 1.54) is 0 Å². The molecule has 0 spiro atoms. The van der Waals surface area contributed by atoms with Crippen molar-refractivity contribution in [2.24, 2.45) is 0 Å². The number of thiophene rings is 1. The largest absolute Gasteiger partial charge is 0.335 e. The molecule has 1 fully saturated rings. The quantitative estimate of drug-likeness (QED) is 0.664. The highest BCUT2D eigenvalue weighted by molar-refractivity contribution is 7.20. The van der Waals surface area contributed by atoms with E-state index in [0.717, 1.165) is 64.1 Å². The second-order valence-corrected chi connectivity index (χ2v) is 8.39. The van der Waals surface area contributed by atoms with Crippen molar-refractivity contribution in [2.75, 3.05) is 32.7 Å². The van der Waals surface area contributed by atoms with E-state index in [9.17, 15) is 4.79 Å². The number of rotatable bonds is 4. The maximum absolute atomic E-state index is 13.0. The van der Waals surface area contributed by atoms with Crippen LogP contribution in [0, 0.1) is 6.92 Å². The molecule has 0 unspecified atom stereocenters. The third-order valence-electron chi connectivity index (χ3n) is 5.17. The number of piperazine rings is 1. The molecule has 7 heteroatoms. The Morgan fingerprint density at radius 1 is 1.19 bits per heavy atom. The van der Waals surface area contributed by atoms with Crippen molar-refractivity contribution in [3.63, 3.8) is 0 Å². The van der Waals surface area contributed by atoms with Gasteiger partial charge in [0.25, 0.3) is 5.91 Å². The van der Waals surface area contributed by atoms with Crippen LogP contribution in [-0.2, 0) is 6.54 Å². The maximum Gasteiger partial charge on any atom is 0.264 e. The predicted molar refractivity (Wildman–Crippen MR) is 111 cm³/mol. The van der Waals surface area contributed by atoms with Gasteiger partial charge in [0.2, 0.25) is 0 Å². The number of carbonyl (C=O) groups is 1. The van der Waals surface area contributed by atoms with Crippen LogP contribution in [0.5, 0.6) is 0 Å². The molecule has 1 aliphatic heterocycles. The topological polar surface area (TPSA) is 41.4 Å². The molecule has 0 bridgehead atoms. The van der Waals surface area contributed by atoms with Crippen LogP contribution in [0.15, 0.2) is 30.3 Å². The van der Waals surface area contributed by atoms with Crippen molar-refractivity contribution in [2.45, 2.75) is 20.4 Å². The molecule has 1 aliphatic rings. The van der Waals surface area contributed by atoms with Gasteiger partial charge in [0.1, 0.15) is 4.83 Å². The molecule has 1 saturated heterocycles. The van der Waals surface area contributed by atoms with Crippen molar-refractivity contribution in [3.05, 3.63) is 51.5 Å². The molecule has 0 aliphatic carbocycles. The highest BCUT2D eigenvalue weighted by Crippen LogP contribution is 2.30. The number of halogens is 1. The van der Waals surface area contributed by atoms with E-state index in [1.807, 2.05) is 46.8 Å². The maximum atomic E-state index is 13.0. The number of hydrogen-bond donors (Lipinski definition) is 0. The molecule has 27 heavy (non-hydrogen) atoms. The van der Waals surface area contributed by atoms with E-state index in [4.69, 9.17) is 11.6 Å². The molecule has 0 atom stereocenters. The summed E-state index contributed by atoms with van der Waals surface area (Å²) in [5, 5.41) is 6.47. The Bertz CT molecular complexity index is 954. The van der Waals surface area contributed by atoms with Gasteiger partial charge in [-0.05, 0) is 37.2 Å². The summed E-state index contributed by atoms with van der Waals surface area (Å²) in [6, 6.07) is 9.82. The van der Waals surface area contributed by atoms with Crippen LogP contribution in [0.1, 0.15) is 27.9 Å². The van der Waals surface area contributed by atoms with Crippen molar-refractivity contribution < 1.29 is 4.79 Å². The molecule has 142 valence electrons. The van der Waals surface area contributed by atoms with Gasteiger partial charge < -0.3 is 9.80 Å². The number of amides is 1. The van der Waals surface area contributed by atoms with E-state index in [2.05, 4.69) is 16.9 Å². The first kappa shape index (κ1) is 18.5. The average Bonchev–Trinajstić information content (AvgIpc) is 3.24. The lowest BCUT2D eigenvalue weighted by atomic mass is 10.2. The molecule has 1 aromatic carbocycles. The summed E-state index contributed by atoms with van der Waals surface area (Å²) in [5.74, 6) is 0.143. The molecule has 5 nitrogen and oxygen atoms in total. The summed E-state index contributed by atoms with van der Waals surface area (Å²) in [4.78, 5) is 19.2. The Kier molecular flexibility index (Phi) is 5.21. The first-order valence-electron chi connectivity index (χ1n) is 9.28. The number of nitrogens with zero attached hydrogens (tertiary/aromatic N) is 4. The summed E-state index contributed by atoms with van der Waals surface area (Å²) in [6.07, 6.45) is 0. The van der Waals surface area contributed by atoms with Gasteiger partial charge in [-0.15, -0.1) is 11.3 Å². The number of benzene rings is 1. The number of likely N-dealkylation sites (N-methyl/N-ethyl adjacent to an activating group) is 1. The van der Waals surface area contributed by atoms with Crippen LogP contribution < -0.4 is 0 Å². The van der Waals surface area contributed by atoms with Crippen molar-refractivity contribution in [1.29, 1.82) is 0 Å². The van der Waals surface area contributed by atoms with Crippen LogP contribution in [0.2, 0.25) is 5.02 Å². The first-order chi connectivity index (χ1) is 13.0. The Morgan fingerprint density at radius 3 is 2.56 bits per heavy atom. The third kappa shape index (κ3) is 3.74. The highest BCUT2D eigenvalue weighted by atomic mass is 35.5. The van der Waals surface area contributed by atoms with E-state index in [-0.39, 0.29) is 5.91 Å². The summed E-state index contributed by atoms with van der Waals surface area (Å²) < 4.78 is 1.99. The van der Waals surface area contributed by atoms with E-state index < -0.39 is 0 Å². The van der Waals surface area contributed by atoms with Crippen LogP contribution in [-0.4, -0.2) is 58.2 Å². The first-order valence-corrected chi connectivity index (χ1v) is 10.5. The van der Waals surface area contributed by atoms with E-state index in [0.29, 0.717) is 6.54 Å². The monoisotopic (exact) mass is 402 g/mol. The SMILES string of the molecule is CCN1CCN(C(=O)c2cc3c(C)nn(Cc4ccc(Cl)cc4)c3s2)CC1. The molecule has 1 amide bonds. The zero-order chi connectivity index (χ0) is 19.0. The van der Waals surface area contributed by atoms with Gasteiger partial charge >= 0.3 is 0 Å². The molecule has 3 heterocycles. The van der Waals surface area contributed by atoms with Crippen molar-refractivity contribution in [1.82, 2.24) is 19.6 Å². The third-order valence-corrected chi connectivity index (χ3v) is 6.56. The predicted octanol–water partition coefficient (Wildman–Crippen LogP) is 3.89. The molecule has 0 saturated carbocycles. The number of aryl methyl sites for hydroxylation is 1. The average molecular weight is 403 g/mol. The fourth-order valence-electron chi connectivity index (χ4n) is 3.51. The van der Waals surface area contributed by atoms with Crippen LogP contribution in [0.3, 0.4) is 0 Å². The lowest BCUT2D eigenvalue weighted by Gasteiger charge is -2.33. The Balaban J connectivity index is 1.57. The van der Waals surface area contributed by atoms with Crippen molar-refractivity contribution in [3.8, 4) is 0 Å². The summed E-state index contributed by atoms with van der Waals surface area (Å²) in [7, 11) is 0. The summed E-state index contributed by atoms with van der Waals surface area (Å²) in [5.41, 5.74) is 2.10. The Labute approximate surface area is 168 Å². The fourth-order valence-corrected chi connectivity index (χ4v) is 4.77. The number of hydrogen-bond acceptors (Lipinski definition) is 4. The normalized spacial score (nSPS) is 15.6. The molecule has 0 radical (unpaired) electrons. The van der Waals surface area contributed by atoms with Gasteiger partial charge in [0.15, 0.2) is 0 Å². The van der Waals surface area contributed by atoms with Gasteiger partial charge in [-0.25, -0.2) is 0 Å². The lowest BCUT2D eigenvalue weighted by Crippen LogP contribution is -2.48. The Hall–Kier alpha value is -1.89.